The van der Waals surface area contributed by atoms with Crippen LogP contribution >= 0.6 is 11.6 Å². The van der Waals surface area contributed by atoms with Gasteiger partial charge in [0, 0.05) is 25.4 Å². The van der Waals surface area contributed by atoms with Crippen molar-refractivity contribution in [2.24, 2.45) is 0 Å². The second kappa shape index (κ2) is 8.58. The number of pyridine rings is 1. The lowest BCUT2D eigenvalue weighted by molar-refractivity contribution is -0.142. The van der Waals surface area contributed by atoms with Crippen LogP contribution in [0.5, 0.6) is 5.75 Å². The molecule has 1 atom stereocenters. The summed E-state index contributed by atoms with van der Waals surface area (Å²) in [6, 6.07) is 1.48. The van der Waals surface area contributed by atoms with Crippen LogP contribution in [0.15, 0.2) is 18.5 Å². The maximum absolute atomic E-state index is 13.0. The molecule has 5 nitrogen and oxygen atoms in total. The number of carbonyl (C=O) groups is 1. The summed E-state index contributed by atoms with van der Waals surface area (Å²) >= 11 is 5.93. The van der Waals surface area contributed by atoms with Gasteiger partial charge in [-0.15, -0.1) is 0 Å². The van der Waals surface area contributed by atoms with Crippen molar-refractivity contribution in [2.75, 3.05) is 6.61 Å². The maximum atomic E-state index is 13.0. The van der Waals surface area contributed by atoms with E-state index in [-0.39, 0.29) is 18.1 Å². The van der Waals surface area contributed by atoms with E-state index in [0.717, 1.165) is 0 Å². The summed E-state index contributed by atoms with van der Waals surface area (Å²) in [6.45, 7) is 7.31. The normalized spacial score (nSPS) is 11.5. The van der Waals surface area contributed by atoms with Gasteiger partial charge in [0.15, 0.2) is 11.4 Å². The summed E-state index contributed by atoms with van der Waals surface area (Å²) < 4.78 is 24.5. The average molecular weight is 331 g/mol. The summed E-state index contributed by atoms with van der Waals surface area (Å²) in [5, 5.41) is 0.383. The summed E-state index contributed by atoms with van der Waals surface area (Å²) in [7, 11) is 0. The van der Waals surface area contributed by atoms with Gasteiger partial charge in [-0.25, -0.2) is 9.37 Å². The van der Waals surface area contributed by atoms with E-state index in [1.54, 1.807) is 23.7 Å². The molecule has 0 amide bonds. The summed E-state index contributed by atoms with van der Waals surface area (Å²) in [6.07, 6.45) is 1.79. The number of ether oxygens (including phenoxy) is 2. The molecule has 2 aromatic rings. The van der Waals surface area contributed by atoms with E-state index in [4.69, 9.17) is 21.1 Å². The van der Waals surface area contributed by atoms with E-state index in [0.29, 0.717) is 23.0 Å². The van der Waals surface area contributed by atoms with Gasteiger partial charge < -0.3 is 13.9 Å². The molecule has 2 heterocycles. The molecular formula is C15H20ClFN2O3. The van der Waals surface area contributed by atoms with Crippen LogP contribution in [0.1, 0.15) is 33.4 Å². The van der Waals surface area contributed by atoms with Crippen molar-refractivity contribution in [3.63, 3.8) is 0 Å². The number of hydrogen-bond acceptors (Lipinski definition) is 4. The molecule has 0 spiro atoms. The minimum atomic E-state index is -1.48. The number of nitrogens with zero attached hydrogens (tertiary/aromatic N) is 2. The molecular weight excluding hydrogens is 311 g/mol. The first-order chi connectivity index (χ1) is 10.5. The van der Waals surface area contributed by atoms with Crippen LogP contribution in [-0.2, 0) is 16.0 Å². The number of aromatic nitrogens is 2. The fourth-order valence-corrected chi connectivity index (χ4v) is 2.00. The largest absolute Gasteiger partial charge is 0.466 e. The van der Waals surface area contributed by atoms with Gasteiger partial charge in [0.2, 0.25) is 6.36 Å². The highest BCUT2D eigenvalue weighted by Gasteiger charge is 2.14. The first-order valence-electron chi connectivity index (χ1n) is 7.13. The first kappa shape index (κ1) is 18.2. The van der Waals surface area contributed by atoms with E-state index < -0.39 is 6.36 Å². The third kappa shape index (κ3) is 4.87. The van der Waals surface area contributed by atoms with Crippen molar-refractivity contribution >= 4 is 23.2 Å². The van der Waals surface area contributed by atoms with E-state index in [2.05, 4.69) is 4.98 Å². The zero-order chi connectivity index (χ0) is 16.7. The Balaban J connectivity index is 0.00000116. The van der Waals surface area contributed by atoms with Crippen molar-refractivity contribution in [2.45, 2.75) is 40.5 Å². The standard InChI is InChI=1S/C13H14ClFN2O3.C2H6/c1-3-19-12(18)5-10-7-17-6-9(14)4-11(13(17)16-10)20-8(2)15;1-2/h4,6-8H,3,5H2,1-2H3;1-2H3. The van der Waals surface area contributed by atoms with Gasteiger partial charge in [0.25, 0.3) is 0 Å². The molecule has 122 valence electrons. The fourth-order valence-electron chi connectivity index (χ4n) is 1.79. The number of alkyl halides is 1. The molecule has 2 aromatic heterocycles. The molecule has 22 heavy (non-hydrogen) atoms. The Morgan fingerprint density at radius 1 is 1.45 bits per heavy atom. The quantitative estimate of drug-likeness (QED) is 0.782. The fraction of sp³-hybridized carbons (Fsp3) is 0.467. The smallest absolute Gasteiger partial charge is 0.311 e. The van der Waals surface area contributed by atoms with Crippen molar-refractivity contribution in [1.82, 2.24) is 9.38 Å². The van der Waals surface area contributed by atoms with Gasteiger partial charge in [-0.3, -0.25) is 4.79 Å². The van der Waals surface area contributed by atoms with Crippen LogP contribution in [0.3, 0.4) is 0 Å². The van der Waals surface area contributed by atoms with Gasteiger partial charge in [-0.1, -0.05) is 25.4 Å². The molecule has 0 bridgehead atoms. The maximum Gasteiger partial charge on any atom is 0.311 e. The second-order valence-corrected chi connectivity index (χ2v) is 4.56. The van der Waals surface area contributed by atoms with Gasteiger partial charge in [-0.2, -0.15) is 0 Å². The predicted octanol–water partition coefficient (Wildman–Crippen LogP) is 3.81. The number of hydrogen-bond donors (Lipinski definition) is 0. The summed E-state index contributed by atoms with van der Waals surface area (Å²) in [5.74, 6) is -0.147. The topological polar surface area (TPSA) is 52.8 Å². The minimum absolute atomic E-state index is 0.0394. The molecule has 1 unspecified atom stereocenters. The van der Waals surface area contributed by atoms with Crippen LogP contribution in [-0.4, -0.2) is 28.3 Å². The van der Waals surface area contributed by atoms with Gasteiger partial charge >= 0.3 is 5.97 Å². The van der Waals surface area contributed by atoms with Crippen LogP contribution in [0.25, 0.3) is 5.65 Å². The molecule has 0 saturated carbocycles. The lowest BCUT2D eigenvalue weighted by Gasteiger charge is -2.08. The van der Waals surface area contributed by atoms with Gasteiger partial charge in [-0.05, 0) is 6.92 Å². The van der Waals surface area contributed by atoms with E-state index in [9.17, 15) is 9.18 Å². The number of halogens is 2. The SMILES string of the molecule is CC.CCOC(=O)Cc1cn2cc(Cl)cc(OC(C)F)c2n1. The Hall–Kier alpha value is -1.82. The molecule has 0 radical (unpaired) electrons. The van der Waals surface area contributed by atoms with E-state index >= 15 is 0 Å². The Morgan fingerprint density at radius 2 is 2.14 bits per heavy atom. The zero-order valence-electron chi connectivity index (χ0n) is 13.1. The Labute approximate surface area is 134 Å². The third-order valence-corrected chi connectivity index (χ3v) is 2.66. The predicted molar refractivity (Wildman–Crippen MR) is 83.1 cm³/mol. The van der Waals surface area contributed by atoms with Crippen molar-refractivity contribution in [1.29, 1.82) is 0 Å². The number of rotatable bonds is 5. The third-order valence-electron chi connectivity index (χ3n) is 2.45. The number of carbonyl (C=O) groups excluding carboxylic acids is 1. The lowest BCUT2D eigenvalue weighted by Crippen LogP contribution is -2.07. The van der Waals surface area contributed by atoms with E-state index in [1.165, 1.54) is 13.0 Å². The zero-order valence-corrected chi connectivity index (χ0v) is 13.9. The average Bonchev–Trinajstić information content (AvgIpc) is 2.83. The summed E-state index contributed by atoms with van der Waals surface area (Å²) in [5.41, 5.74) is 0.903. The molecule has 0 aliphatic carbocycles. The number of imidazole rings is 1. The molecule has 0 aliphatic rings. The monoisotopic (exact) mass is 330 g/mol. The van der Waals surface area contributed by atoms with Crippen LogP contribution < -0.4 is 4.74 Å². The molecule has 0 saturated heterocycles. The lowest BCUT2D eigenvalue weighted by atomic mass is 10.3. The summed E-state index contributed by atoms with van der Waals surface area (Å²) in [4.78, 5) is 15.7. The Morgan fingerprint density at radius 3 is 2.73 bits per heavy atom. The van der Waals surface area contributed by atoms with Crippen LogP contribution in [0, 0.1) is 0 Å². The molecule has 2 rings (SSSR count). The van der Waals surface area contributed by atoms with Crippen molar-refractivity contribution in [3.05, 3.63) is 29.2 Å². The first-order valence-corrected chi connectivity index (χ1v) is 7.51. The van der Waals surface area contributed by atoms with Gasteiger partial charge in [0.05, 0.1) is 23.7 Å². The highest BCUT2D eigenvalue weighted by molar-refractivity contribution is 6.30. The van der Waals surface area contributed by atoms with Crippen LogP contribution in [0.4, 0.5) is 4.39 Å². The van der Waals surface area contributed by atoms with Crippen molar-refractivity contribution < 1.29 is 18.7 Å². The van der Waals surface area contributed by atoms with Crippen molar-refractivity contribution in [3.8, 4) is 5.75 Å². The number of fused-ring (bicyclic) bond motifs is 1. The van der Waals surface area contributed by atoms with Crippen LogP contribution in [0.2, 0.25) is 5.02 Å². The molecule has 7 heteroatoms. The molecule has 0 fully saturated rings. The minimum Gasteiger partial charge on any atom is -0.466 e. The Bertz CT molecular complexity index is 629. The highest BCUT2D eigenvalue weighted by atomic mass is 35.5. The highest BCUT2D eigenvalue weighted by Crippen LogP contribution is 2.25. The van der Waals surface area contributed by atoms with Gasteiger partial charge in [0.1, 0.15) is 0 Å². The second-order valence-electron chi connectivity index (χ2n) is 4.13. The number of esters is 1. The molecule has 0 N–H and O–H groups in total. The Kier molecular flexibility index (Phi) is 7.11. The molecule has 0 aliphatic heterocycles. The molecule has 0 aromatic carbocycles. The van der Waals surface area contributed by atoms with E-state index in [1.807, 2.05) is 13.8 Å².